The molecule has 3 rings (SSSR count). The number of alkyl halides is 3. The summed E-state index contributed by atoms with van der Waals surface area (Å²) >= 11 is 0. The van der Waals surface area contributed by atoms with Crippen LogP contribution >= 0.6 is 0 Å². The van der Waals surface area contributed by atoms with Gasteiger partial charge in [-0.3, -0.25) is 0 Å². The number of ether oxygens (including phenoxy) is 1. The molecule has 5 heteroatoms. The van der Waals surface area contributed by atoms with Crippen LogP contribution < -0.4 is 4.74 Å². The molecule has 1 saturated heterocycles. The summed E-state index contributed by atoms with van der Waals surface area (Å²) in [4.78, 5) is 0. The van der Waals surface area contributed by atoms with Gasteiger partial charge in [0.25, 0.3) is 0 Å². The van der Waals surface area contributed by atoms with Crippen molar-refractivity contribution in [3.63, 3.8) is 0 Å². The minimum absolute atomic E-state index is 0.134. The highest BCUT2D eigenvalue weighted by atomic mass is 28.3. The van der Waals surface area contributed by atoms with Crippen LogP contribution in [0.1, 0.15) is 89.5 Å². The van der Waals surface area contributed by atoms with Crippen molar-refractivity contribution in [2.24, 2.45) is 17.8 Å². The van der Waals surface area contributed by atoms with E-state index in [9.17, 15) is 13.2 Å². The van der Waals surface area contributed by atoms with E-state index in [1.165, 1.54) is 69.9 Å². The molecule has 1 saturated carbocycles. The number of hydrogen-bond donors (Lipinski definition) is 0. The molecule has 0 radical (unpaired) electrons. The van der Waals surface area contributed by atoms with E-state index in [1.54, 1.807) is 43.1 Å². The lowest BCUT2D eigenvalue weighted by Gasteiger charge is -2.37. The topological polar surface area (TPSA) is 9.23 Å². The Kier molecular flexibility index (Phi) is 10.5. The average molecular weight is 469 g/mol. The molecule has 2 aliphatic rings. The lowest BCUT2D eigenvalue weighted by atomic mass is 9.73. The minimum Gasteiger partial charge on any atom is -0.406 e. The van der Waals surface area contributed by atoms with Gasteiger partial charge in [0.05, 0.1) is 0 Å². The van der Waals surface area contributed by atoms with E-state index in [0.717, 1.165) is 36.2 Å². The van der Waals surface area contributed by atoms with E-state index in [0.29, 0.717) is 0 Å². The smallest absolute Gasteiger partial charge is 0.406 e. The van der Waals surface area contributed by atoms with E-state index >= 15 is 0 Å². The molecule has 0 aromatic heterocycles. The highest BCUT2D eigenvalue weighted by Crippen LogP contribution is 2.42. The first-order chi connectivity index (χ1) is 15.4. The molecule has 0 bridgehead atoms. The van der Waals surface area contributed by atoms with E-state index in [4.69, 9.17) is 0 Å². The Balaban J connectivity index is 1.25. The summed E-state index contributed by atoms with van der Waals surface area (Å²) in [5.41, 5.74) is 1.09. The van der Waals surface area contributed by atoms with Crippen LogP contribution in [0.2, 0.25) is 18.1 Å². The summed E-state index contributed by atoms with van der Waals surface area (Å²) in [6.45, 7) is 2.31. The first kappa shape index (κ1) is 25.6. The molecule has 1 nitrogen and oxygen atoms in total. The quantitative estimate of drug-likeness (QED) is 0.233. The Bertz CT molecular complexity index is 629. The fourth-order valence-corrected chi connectivity index (χ4v) is 9.73. The Morgan fingerprint density at radius 2 is 1.50 bits per heavy atom. The Morgan fingerprint density at radius 3 is 2.12 bits per heavy atom. The van der Waals surface area contributed by atoms with Crippen molar-refractivity contribution in [3.05, 3.63) is 29.8 Å². The molecule has 1 aliphatic heterocycles. The fourth-order valence-electron chi connectivity index (χ4n) is 6.20. The SMILES string of the molecule is CCCCC[SiH]1CCC(C2CCC(CCCCc3ccc(OC(F)(F)F)cc3)CC2)CC1. The maximum absolute atomic E-state index is 12.2. The Morgan fingerprint density at radius 1 is 0.844 bits per heavy atom. The summed E-state index contributed by atoms with van der Waals surface area (Å²) in [5.74, 6) is 2.81. The lowest BCUT2D eigenvalue weighted by Crippen LogP contribution is -2.28. The van der Waals surface area contributed by atoms with Crippen LogP contribution in [0.3, 0.4) is 0 Å². The van der Waals surface area contributed by atoms with Crippen LogP contribution in [0.4, 0.5) is 13.2 Å². The van der Waals surface area contributed by atoms with Gasteiger partial charge in [0, 0.05) is 8.80 Å². The maximum Gasteiger partial charge on any atom is 0.573 e. The van der Waals surface area contributed by atoms with E-state index in [1.807, 2.05) is 0 Å². The third-order valence-corrected chi connectivity index (χ3v) is 11.7. The summed E-state index contributed by atoms with van der Waals surface area (Å²) in [6.07, 6.45) is 13.1. The largest absolute Gasteiger partial charge is 0.573 e. The molecule has 0 unspecified atom stereocenters. The molecule has 0 N–H and O–H groups in total. The lowest BCUT2D eigenvalue weighted by molar-refractivity contribution is -0.274. The number of halogens is 3. The second-order valence-corrected chi connectivity index (χ2v) is 14.0. The molecular formula is C27H43F3OSi. The number of hydrogen-bond acceptors (Lipinski definition) is 1. The molecule has 0 atom stereocenters. The van der Waals surface area contributed by atoms with Crippen molar-refractivity contribution < 1.29 is 17.9 Å². The van der Waals surface area contributed by atoms with Crippen molar-refractivity contribution in [1.29, 1.82) is 0 Å². The zero-order valence-electron chi connectivity index (χ0n) is 20.0. The molecule has 1 aliphatic carbocycles. The molecule has 1 aromatic rings. The number of benzene rings is 1. The molecule has 32 heavy (non-hydrogen) atoms. The summed E-state index contributed by atoms with van der Waals surface area (Å²) in [6, 6.07) is 11.2. The fraction of sp³-hybridized carbons (Fsp3) is 0.778. The van der Waals surface area contributed by atoms with Crippen molar-refractivity contribution in [1.82, 2.24) is 0 Å². The first-order valence-electron chi connectivity index (χ1n) is 13.3. The van der Waals surface area contributed by atoms with Gasteiger partial charge in [0.15, 0.2) is 0 Å². The standard InChI is InChI=1S/C27H43F3OSi/c1-2-3-6-19-32-20-17-25(18-21-32)24-13-9-22(10-14-24)7-4-5-8-23-11-15-26(16-12-23)31-27(28,29)30/h11-12,15-16,22,24-25,32H,2-10,13-14,17-21H2,1H3. The van der Waals surface area contributed by atoms with Crippen molar-refractivity contribution in [3.8, 4) is 5.75 Å². The predicted octanol–water partition coefficient (Wildman–Crippen LogP) is 8.93. The molecule has 0 amide bonds. The number of unbranched alkanes of at least 4 members (excludes halogenated alkanes) is 3. The van der Waals surface area contributed by atoms with Crippen LogP contribution in [-0.2, 0) is 6.42 Å². The minimum atomic E-state index is -4.62. The van der Waals surface area contributed by atoms with Crippen LogP contribution in [-0.4, -0.2) is 15.2 Å². The monoisotopic (exact) mass is 468 g/mol. The zero-order valence-corrected chi connectivity index (χ0v) is 21.1. The second kappa shape index (κ2) is 13.1. The average Bonchev–Trinajstić information content (AvgIpc) is 2.78. The van der Waals surface area contributed by atoms with E-state index in [2.05, 4.69) is 11.7 Å². The molecule has 1 heterocycles. The highest BCUT2D eigenvalue weighted by molar-refractivity contribution is 6.58. The summed E-state index contributed by atoms with van der Waals surface area (Å²) in [5, 5.41) is 0. The van der Waals surface area contributed by atoms with Gasteiger partial charge in [-0.25, -0.2) is 0 Å². The van der Waals surface area contributed by atoms with Gasteiger partial charge in [-0.2, -0.15) is 0 Å². The highest BCUT2D eigenvalue weighted by Gasteiger charge is 2.31. The predicted molar refractivity (Wildman–Crippen MR) is 130 cm³/mol. The van der Waals surface area contributed by atoms with Crippen molar-refractivity contribution >= 4 is 8.80 Å². The third kappa shape index (κ3) is 9.11. The Labute approximate surface area is 195 Å². The van der Waals surface area contributed by atoms with Gasteiger partial charge < -0.3 is 4.74 Å². The molecular weight excluding hydrogens is 425 g/mol. The molecule has 2 fully saturated rings. The van der Waals surface area contributed by atoms with Gasteiger partial charge in [-0.15, -0.1) is 13.2 Å². The number of aryl methyl sites for hydroxylation is 1. The second-order valence-electron chi connectivity index (χ2n) is 10.5. The van der Waals surface area contributed by atoms with Crippen LogP contribution in [0.25, 0.3) is 0 Å². The summed E-state index contributed by atoms with van der Waals surface area (Å²) < 4.78 is 40.7. The third-order valence-electron chi connectivity index (χ3n) is 8.15. The normalized spacial score (nSPS) is 26.8. The first-order valence-corrected chi connectivity index (χ1v) is 15.7. The van der Waals surface area contributed by atoms with Crippen LogP contribution in [0, 0.1) is 17.8 Å². The van der Waals surface area contributed by atoms with Gasteiger partial charge in [0.2, 0.25) is 0 Å². The maximum atomic E-state index is 12.2. The molecule has 182 valence electrons. The van der Waals surface area contributed by atoms with Gasteiger partial charge in [-0.05, 0) is 61.1 Å². The van der Waals surface area contributed by atoms with Gasteiger partial charge in [0.1, 0.15) is 5.75 Å². The number of rotatable bonds is 11. The van der Waals surface area contributed by atoms with E-state index in [-0.39, 0.29) is 14.5 Å². The van der Waals surface area contributed by atoms with Crippen molar-refractivity contribution in [2.45, 2.75) is 115 Å². The van der Waals surface area contributed by atoms with Crippen LogP contribution in [0.15, 0.2) is 24.3 Å². The Hall–Kier alpha value is -0.973. The van der Waals surface area contributed by atoms with E-state index < -0.39 is 6.36 Å². The van der Waals surface area contributed by atoms with Crippen LogP contribution in [0.5, 0.6) is 5.75 Å². The van der Waals surface area contributed by atoms with Gasteiger partial charge >= 0.3 is 6.36 Å². The molecule has 0 spiro atoms. The zero-order chi connectivity index (χ0) is 22.8. The van der Waals surface area contributed by atoms with Crippen molar-refractivity contribution in [2.75, 3.05) is 0 Å². The van der Waals surface area contributed by atoms with Gasteiger partial charge in [-0.1, -0.05) is 95.0 Å². The molecule has 1 aromatic carbocycles. The summed E-state index contributed by atoms with van der Waals surface area (Å²) in [7, 11) is -0.378.